The molecule has 0 aromatic heterocycles. The van der Waals surface area contributed by atoms with Crippen molar-refractivity contribution in [3.05, 3.63) is 23.3 Å². The number of carboxylic acids is 1. The average molecular weight is 390 g/mol. The summed E-state index contributed by atoms with van der Waals surface area (Å²) in [6.45, 7) is 7.62. The predicted molar refractivity (Wildman–Crippen MR) is 102 cm³/mol. The molecule has 6 heteroatoms. The molecular weight excluding hydrogens is 360 g/mol. The molecule has 28 heavy (non-hydrogen) atoms. The third-order valence-electron chi connectivity index (χ3n) is 7.10. The second-order valence-electron chi connectivity index (χ2n) is 9.54. The SMILES string of the molecule is CC(=O)OC/C(=C/C(=O)O)C[C@H]1[C@H](O)C2=CC(=O)[C@@H]3C(C)(C)CCC[C@@]3(C)[C@@H]21. The number of fused-ring (bicyclic) bond motifs is 3. The molecule has 3 rings (SSSR count). The fraction of sp³-hybridized carbons (Fsp3) is 0.682. The van der Waals surface area contributed by atoms with Crippen molar-refractivity contribution >= 4 is 17.7 Å². The van der Waals surface area contributed by atoms with E-state index in [1.165, 1.54) is 6.92 Å². The first-order valence-electron chi connectivity index (χ1n) is 9.96. The summed E-state index contributed by atoms with van der Waals surface area (Å²) in [6.07, 6.45) is 5.23. The standard InChI is InChI=1S/C22H30O6/c1-12(23)28-11-13(9-17(25)26)8-14-18-15(19(14)27)10-16(24)20-21(2,3)6-5-7-22(18,20)4/h9-10,14,18-20,27H,5-8,11H2,1-4H3,(H,25,26)/b13-9+/t14-,18-,19+,20-,22+/m1/s1. The van der Waals surface area contributed by atoms with Gasteiger partial charge < -0.3 is 14.9 Å². The van der Waals surface area contributed by atoms with Gasteiger partial charge in [0, 0.05) is 18.9 Å². The number of carbonyl (C=O) groups excluding carboxylic acids is 2. The maximum absolute atomic E-state index is 12.9. The lowest BCUT2D eigenvalue weighted by atomic mass is 9.41. The molecule has 3 aliphatic carbocycles. The first kappa shape index (κ1) is 20.8. The van der Waals surface area contributed by atoms with E-state index in [4.69, 9.17) is 9.84 Å². The molecular formula is C22H30O6. The first-order valence-corrected chi connectivity index (χ1v) is 9.96. The fourth-order valence-corrected chi connectivity index (χ4v) is 6.25. The smallest absolute Gasteiger partial charge is 0.328 e. The highest BCUT2D eigenvalue weighted by Gasteiger charge is 2.63. The lowest BCUT2D eigenvalue weighted by molar-refractivity contribution is -0.150. The minimum absolute atomic E-state index is 0.0410. The summed E-state index contributed by atoms with van der Waals surface area (Å²) in [5.41, 5.74) is 0.906. The average Bonchev–Trinajstić information content (AvgIpc) is 2.55. The van der Waals surface area contributed by atoms with Gasteiger partial charge in [-0.15, -0.1) is 0 Å². The normalized spacial score (nSPS) is 36.5. The van der Waals surface area contributed by atoms with Gasteiger partial charge in [-0.1, -0.05) is 27.2 Å². The zero-order chi connectivity index (χ0) is 20.9. The van der Waals surface area contributed by atoms with Gasteiger partial charge in [0.2, 0.25) is 0 Å². The van der Waals surface area contributed by atoms with E-state index in [0.717, 1.165) is 30.9 Å². The van der Waals surface area contributed by atoms with Crippen LogP contribution < -0.4 is 0 Å². The van der Waals surface area contributed by atoms with Crippen molar-refractivity contribution in [1.82, 2.24) is 0 Å². The van der Waals surface area contributed by atoms with E-state index in [2.05, 4.69) is 20.8 Å². The van der Waals surface area contributed by atoms with Gasteiger partial charge in [-0.05, 0) is 59.2 Å². The Bertz CT molecular complexity index is 761. The van der Waals surface area contributed by atoms with Crippen molar-refractivity contribution in [3.8, 4) is 0 Å². The van der Waals surface area contributed by atoms with E-state index in [-0.39, 0.29) is 41.0 Å². The van der Waals surface area contributed by atoms with Gasteiger partial charge >= 0.3 is 11.9 Å². The molecule has 0 unspecified atom stereocenters. The van der Waals surface area contributed by atoms with Crippen LogP contribution in [0.3, 0.4) is 0 Å². The van der Waals surface area contributed by atoms with Crippen LogP contribution in [0.25, 0.3) is 0 Å². The van der Waals surface area contributed by atoms with Gasteiger partial charge in [0.05, 0.1) is 6.10 Å². The summed E-state index contributed by atoms with van der Waals surface area (Å²) < 4.78 is 5.01. The Morgan fingerprint density at radius 1 is 1.29 bits per heavy atom. The number of ether oxygens (including phenoxy) is 1. The largest absolute Gasteiger partial charge is 0.478 e. The summed E-state index contributed by atoms with van der Waals surface area (Å²) in [4.78, 5) is 35.2. The van der Waals surface area contributed by atoms with E-state index in [0.29, 0.717) is 12.0 Å². The fourth-order valence-electron chi connectivity index (χ4n) is 6.25. The lowest BCUT2D eigenvalue weighted by Crippen LogP contribution is -2.62. The number of hydrogen-bond donors (Lipinski definition) is 2. The zero-order valence-electron chi connectivity index (χ0n) is 17.0. The molecule has 0 aliphatic heterocycles. The van der Waals surface area contributed by atoms with Gasteiger partial charge in [-0.3, -0.25) is 9.59 Å². The number of allylic oxidation sites excluding steroid dienone is 1. The van der Waals surface area contributed by atoms with Gasteiger partial charge in [-0.2, -0.15) is 0 Å². The van der Waals surface area contributed by atoms with Crippen LogP contribution in [0, 0.1) is 28.6 Å². The number of aliphatic carboxylic acids is 1. The molecule has 6 nitrogen and oxygen atoms in total. The minimum atomic E-state index is -1.10. The highest BCUT2D eigenvalue weighted by atomic mass is 16.5. The molecule has 0 radical (unpaired) electrons. The molecule has 0 aromatic carbocycles. The summed E-state index contributed by atoms with van der Waals surface area (Å²) >= 11 is 0. The molecule has 0 spiro atoms. The second-order valence-corrected chi connectivity index (χ2v) is 9.54. The second kappa shape index (κ2) is 7.14. The van der Waals surface area contributed by atoms with Crippen LogP contribution >= 0.6 is 0 Å². The number of ketones is 1. The van der Waals surface area contributed by atoms with Crippen LogP contribution in [0.5, 0.6) is 0 Å². The summed E-state index contributed by atoms with van der Waals surface area (Å²) in [6, 6.07) is 0. The molecule has 154 valence electrons. The van der Waals surface area contributed by atoms with Crippen molar-refractivity contribution in [2.75, 3.05) is 6.61 Å². The number of aliphatic hydroxyl groups excluding tert-OH is 1. The lowest BCUT2D eigenvalue weighted by Gasteiger charge is -2.63. The van der Waals surface area contributed by atoms with Crippen LogP contribution in [0.4, 0.5) is 0 Å². The molecule has 0 saturated heterocycles. The Labute approximate surface area is 165 Å². The van der Waals surface area contributed by atoms with E-state index >= 15 is 0 Å². The van der Waals surface area contributed by atoms with Crippen molar-refractivity contribution in [2.45, 2.75) is 59.5 Å². The Balaban J connectivity index is 1.90. The van der Waals surface area contributed by atoms with Gasteiger partial charge in [0.25, 0.3) is 0 Å². The Hall–Kier alpha value is -1.95. The first-order chi connectivity index (χ1) is 13.0. The van der Waals surface area contributed by atoms with Gasteiger partial charge in [0.1, 0.15) is 6.61 Å². The molecule has 0 bridgehead atoms. The minimum Gasteiger partial charge on any atom is -0.478 e. The zero-order valence-corrected chi connectivity index (χ0v) is 17.0. The van der Waals surface area contributed by atoms with Gasteiger partial charge in [0.15, 0.2) is 5.78 Å². The molecule has 3 aliphatic rings. The number of aliphatic hydroxyl groups is 1. The molecule has 2 saturated carbocycles. The van der Waals surface area contributed by atoms with Crippen LogP contribution in [-0.2, 0) is 19.1 Å². The topological polar surface area (TPSA) is 101 Å². The Morgan fingerprint density at radius 2 is 1.96 bits per heavy atom. The molecule has 0 amide bonds. The van der Waals surface area contributed by atoms with Gasteiger partial charge in [-0.25, -0.2) is 4.79 Å². The van der Waals surface area contributed by atoms with E-state index in [1.807, 2.05) is 0 Å². The van der Waals surface area contributed by atoms with Crippen molar-refractivity contribution in [1.29, 1.82) is 0 Å². The highest BCUT2D eigenvalue weighted by Crippen LogP contribution is 2.65. The predicted octanol–water partition coefficient (Wildman–Crippen LogP) is 2.90. The summed E-state index contributed by atoms with van der Waals surface area (Å²) in [5.74, 6) is -1.71. The number of carboxylic acid groups (broad SMARTS) is 1. The van der Waals surface area contributed by atoms with E-state index < -0.39 is 18.0 Å². The highest BCUT2D eigenvalue weighted by molar-refractivity contribution is 5.95. The molecule has 5 atom stereocenters. The molecule has 2 N–H and O–H groups in total. The van der Waals surface area contributed by atoms with Crippen LogP contribution in [0.2, 0.25) is 0 Å². The van der Waals surface area contributed by atoms with Crippen LogP contribution in [0.1, 0.15) is 53.4 Å². The third-order valence-corrected chi connectivity index (χ3v) is 7.10. The van der Waals surface area contributed by atoms with E-state index in [1.54, 1.807) is 6.08 Å². The Kier molecular flexibility index (Phi) is 5.30. The van der Waals surface area contributed by atoms with Crippen LogP contribution in [-0.4, -0.2) is 40.6 Å². The molecule has 2 fully saturated rings. The number of rotatable bonds is 5. The molecule has 0 aromatic rings. The maximum Gasteiger partial charge on any atom is 0.328 e. The quantitative estimate of drug-likeness (QED) is 0.553. The van der Waals surface area contributed by atoms with E-state index in [9.17, 15) is 19.5 Å². The Morgan fingerprint density at radius 3 is 2.57 bits per heavy atom. The summed E-state index contributed by atoms with van der Waals surface area (Å²) in [5, 5.41) is 19.9. The van der Waals surface area contributed by atoms with Crippen molar-refractivity contribution in [3.63, 3.8) is 0 Å². The monoisotopic (exact) mass is 390 g/mol. The summed E-state index contributed by atoms with van der Waals surface area (Å²) in [7, 11) is 0. The molecule has 0 heterocycles. The number of carbonyl (C=O) groups is 3. The van der Waals surface area contributed by atoms with Crippen molar-refractivity contribution < 1.29 is 29.3 Å². The van der Waals surface area contributed by atoms with Crippen molar-refractivity contribution in [2.24, 2.45) is 28.6 Å². The third kappa shape index (κ3) is 3.43. The number of esters is 1. The van der Waals surface area contributed by atoms with Crippen LogP contribution in [0.15, 0.2) is 23.3 Å². The number of hydrogen-bond acceptors (Lipinski definition) is 5. The maximum atomic E-state index is 12.9.